The topological polar surface area (TPSA) is 187 Å². The van der Waals surface area contributed by atoms with E-state index in [1.165, 1.54) is 0 Å². The lowest BCUT2D eigenvalue weighted by Crippen LogP contribution is -2.52. The zero-order valence-corrected chi connectivity index (χ0v) is 45.1. The number of hydrogen-bond donors (Lipinski definition) is 0. The van der Waals surface area contributed by atoms with Crippen molar-refractivity contribution in [2.45, 2.75) is 163 Å². The molecule has 3 aromatic carbocycles. The molecule has 2 aliphatic heterocycles. The third-order valence-corrected chi connectivity index (χ3v) is 13.2. The maximum absolute atomic E-state index is 15.9. The monoisotopic (exact) mass is 1020 g/mol. The Balaban J connectivity index is 1.50. The summed E-state index contributed by atoms with van der Waals surface area (Å²) in [5.41, 5.74) is -0.299. The number of nitrogens with zero attached hydrogens (tertiary/aromatic N) is 5. The van der Waals surface area contributed by atoms with E-state index in [-0.39, 0.29) is 62.0 Å². The van der Waals surface area contributed by atoms with Crippen molar-refractivity contribution in [1.82, 2.24) is 19.6 Å². The number of hydrogen-bond acceptors (Lipinski definition) is 14. The van der Waals surface area contributed by atoms with Gasteiger partial charge in [0.05, 0.1) is 30.8 Å². The van der Waals surface area contributed by atoms with E-state index in [0.29, 0.717) is 29.7 Å². The number of urea groups is 1. The molecule has 1 aromatic heterocycles. The predicted octanol–water partition coefficient (Wildman–Crippen LogP) is 11.1. The van der Waals surface area contributed by atoms with E-state index >= 15 is 4.79 Å². The minimum absolute atomic E-state index is 0.00777. The van der Waals surface area contributed by atoms with Gasteiger partial charge in [-0.3, -0.25) is 4.57 Å². The van der Waals surface area contributed by atoms with Crippen LogP contribution in [0.4, 0.5) is 25.0 Å². The average molecular weight is 1020 g/mol. The summed E-state index contributed by atoms with van der Waals surface area (Å²) >= 11 is 0. The average Bonchev–Trinajstić information content (AvgIpc) is 3.78. The molecule has 18 nitrogen and oxygen atoms in total. The maximum Gasteiger partial charge on any atom is 0.435 e. The van der Waals surface area contributed by atoms with Crippen LogP contribution < -0.4 is 4.90 Å². The molecule has 0 bridgehead atoms. The van der Waals surface area contributed by atoms with E-state index in [1.807, 2.05) is 79.4 Å². The Hall–Kier alpha value is -5.36. The highest BCUT2D eigenvalue weighted by atomic mass is 31.2. The molecule has 0 saturated carbocycles. The number of amides is 4. The molecule has 4 amide bonds. The molecular formula is C53H74N5O13P. The number of imide groups is 1. The lowest BCUT2D eigenvalue weighted by molar-refractivity contribution is -0.157. The van der Waals surface area contributed by atoms with Gasteiger partial charge in [-0.05, 0) is 138 Å². The van der Waals surface area contributed by atoms with Crippen molar-refractivity contribution >= 4 is 48.6 Å². The molecule has 0 aliphatic carbocycles. The van der Waals surface area contributed by atoms with Gasteiger partial charge in [-0.1, -0.05) is 66.7 Å². The second-order valence-electron chi connectivity index (χ2n) is 21.4. The van der Waals surface area contributed by atoms with Crippen molar-refractivity contribution in [3.63, 3.8) is 0 Å². The zero-order chi connectivity index (χ0) is 52.8. The van der Waals surface area contributed by atoms with Crippen LogP contribution in [0, 0.1) is 0 Å². The van der Waals surface area contributed by atoms with Crippen LogP contribution in [0.15, 0.2) is 78.9 Å². The van der Waals surface area contributed by atoms with Crippen LogP contribution in [0.3, 0.4) is 0 Å². The summed E-state index contributed by atoms with van der Waals surface area (Å²) in [5, 5.41) is 4.76. The molecule has 0 N–H and O–H groups in total. The normalized spacial score (nSPS) is 19.5. The van der Waals surface area contributed by atoms with E-state index in [9.17, 15) is 18.9 Å². The van der Waals surface area contributed by atoms with Gasteiger partial charge < -0.3 is 47.3 Å². The van der Waals surface area contributed by atoms with E-state index in [1.54, 1.807) is 99.3 Å². The second-order valence-corrected chi connectivity index (χ2v) is 23.4. The largest absolute Gasteiger partial charge is 0.443 e. The molecule has 2 fully saturated rings. The van der Waals surface area contributed by atoms with Gasteiger partial charge in [0, 0.05) is 25.1 Å². The van der Waals surface area contributed by atoms with Gasteiger partial charge in [0.15, 0.2) is 11.6 Å². The van der Waals surface area contributed by atoms with E-state index in [4.69, 9.17) is 37.5 Å². The summed E-state index contributed by atoms with van der Waals surface area (Å²) in [6, 6.07) is 23.4. The number of anilines is 1. The molecule has 394 valence electrons. The Labute approximate surface area is 424 Å². The molecule has 0 unspecified atom stereocenters. The molecule has 4 atom stereocenters. The lowest BCUT2D eigenvalue weighted by atomic mass is 9.91. The van der Waals surface area contributed by atoms with Crippen LogP contribution in [-0.2, 0) is 61.4 Å². The van der Waals surface area contributed by atoms with Gasteiger partial charge in [0.25, 0.3) is 0 Å². The highest BCUT2D eigenvalue weighted by Gasteiger charge is 2.55. The van der Waals surface area contributed by atoms with Gasteiger partial charge >= 0.3 is 31.9 Å². The number of benzene rings is 3. The first-order chi connectivity index (χ1) is 33.7. The summed E-state index contributed by atoms with van der Waals surface area (Å²) < 4.78 is 62.1. The molecule has 4 aromatic rings. The maximum atomic E-state index is 15.9. The van der Waals surface area contributed by atoms with Crippen molar-refractivity contribution in [3.05, 3.63) is 95.6 Å². The fourth-order valence-electron chi connectivity index (χ4n) is 8.76. The predicted molar refractivity (Wildman–Crippen MR) is 272 cm³/mol. The molecule has 3 heterocycles. The molecule has 2 saturated heterocycles. The Bertz CT molecular complexity index is 2510. The minimum Gasteiger partial charge on any atom is -0.443 e. The van der Waals surface area contributed by atoms with Gasteiger partial charge in [-0.2, -0.15) is 9.58 Å². The van der Waals surface area contributed by atoms with Gasteiger partial charge in [-0.15, -0.1) is 5.10 Å². The third kappa shape index (κ3) is 14.7. The van der Waals surface area contributed by atoms with E-state index in [2.05, 4.69) is 5.10 Å². The highest BCUT2D eigenvalue weighted by Crippen LogP contribution is 2.48. The van der Waals surface area contributed by atoms with Crippen LogP contribution >= 0.6 is 7.60 Å². The van der Waals surface area contributed by atoms with Gasteiger partial charge in [0.2, 0.25) is 0 Å². The van der Waals surface area contributed by atoms with Crippen LogP contribution in [0.25, 0.3) is 10.9 Å². The molecule has 0 spiro atoms. The summed E-state index contributed by atoms with van der Waals surface area (Å²) in [7, 11) is -3.49. The first-order valence-electron chi connectivity index (χ1n) is 24.7. The van der Waals surface area contributed by atoms with Crippen LogP contribution in [0.5, 0.6) is 0 Å². The fourth-order valence-corrected chi connectivity index (χ4v) is 10.1. The van der Waals surface area contributed by atoms with Crippen molar-refractivity contribution in [1.29, 1.82) is 0 Å². The summed E-state index contributed by atoms with van der Waals surface area (Å²) in [6.45, 7) is 23.0. The molecule has 2 aliphatic rings. The highest BCUT2D eigenvalue weighted by molar-refractivity contribution is 7.53. The number of aromatic nitrogens is 2. The van der Waals surface area contributed by atoms with Gasteiger partial charge in [0.1, 0.15) is 35.4 Å². The molecule has 72 heavy (non-hydrogen) atoms. The van der Waals surface area contributed by atoms with Crippen molar-refractivity contribution < 1.29 is 61.2 Å². The fraction of sp³-hybridized carbons (Fsp3) is 0.566. The molecule has 6 rings (SSSR count). The van der Waals surface area contributed by atoms with Crippen LogP contribution in [0.1, 0.15) is 113 Å². The standard InChI is InChI=1S/C53H74N5O13P/c1-14-65-72(63,66-15-2)35-64-30-22-29-55-41(32-36-23-18-16-19-24-36)43-44(68-53(12,13)67-43)42(33-37-25-20-17-21-26-37)56(46(55)59)34-38-27-28-40-39(31-38)45(54-58(40)49(62)71-52(9,10)11)57(47(60)69-50(3,4)5)48(61)70-51(6,7)8/h16-21,23-28,31,41-44H,14-15,22,29-30,32-35H2,1-13H3/t41-,42-,43+,44+/m1/s1. The van der Waals surface area contributed by atoms with E-state index in [0.717, 1.165) is 15.8 Å². The van der Waals surface area contributed by atoms with Crippen molar-refractivity contribution in [2.75, 3.05) is 37.6 Å². The van der Waals surface area contributed by atoms with E-state index < -0.39 is 72.8 Å². The number of carbonyl (C=O) groups is 4. The number of ether oxygens (including phenoxy) is 6. The Morgan fingerprint density at radius 3 is 1.69 bits per heavy atom. The van der Waals surface area contributed by atoms with Crippen LogP contribution in [-0.4, -0.2) is 123 Å². The smallest absolute Gasteiger partial charge is 0.435 e. The number of carbonyl (C=O) groups excluding carboxylic acids is 4. The first-order valence-corrected chi connectivity index (χ1v) is 26.4. The SMILES string of the molecule is CCOP(=O)(COCCCN1C(=O)N(Cc2ccc3c(c2)c(N(C(=O)OC(C)(C)C)C(=O)OC(C)(C)C)nn3C(=O)OC(C)(C)C)[C@H](Cc2ccccc2)[C@@H]2OC(C)(C)O[C@H]2[C@H]1Cc1ccccc1)OCC. The number of fused-ring (bicyclic) bond motifs is 2. The minimum atomic E-state index is -3.49. The quantitative estimate of drug-likeness (QED) is 0.0552. The summed E-state index contributed by atoms with van der Waals surface area (Å²) in [5.74, 6) is -1.28. The molecule has 0 radical (unpaired) electrons. The summed E-state index contributed by atoms with van der Waals surface area (Å²) in [6.07, 6.45) is -3.32. The zero-order valence-electron chi connectivity index (χ0n) is 44.2. The molecular weight excluding hydrogens is 946 g/mol. The molecule has 19 heteroatoms. The Morgan fingerprint density at radius 1 is 0.708 bits per heavy atom. The van der Waals surface area contributed by atoms with Crippen LogP contribution in [0.2, 0.25) is 0 Å². The third-order valence-electron chi connectivity index (χ3n) is 11.4. The Morgan fingerprint density at radius 2 is 1.21 bits per heavy atom. The Kier molecular flexibility index (Phi) is 17.7. The second kappa shape index (κ2) is 22.8. The number of rotatable bonds is 17. The summed E-state index contributed by atoms with van der Waals surface area (Å²) in [4.78, 5) is 62.3. The van der Waals surface area contributed by atoms with Crippen molar-refractivity contribution in [2.24, 2.45) is 0 Å². The lowest BCUT2D eigenvalue weighted by Gasteiger charge is -2.37. The van der Waals surface area contributed by atoms with Crippen molar-refractivity contribution in [3.8, 4) is 0 Å². The first kappa shape index (κ1) is 55.9. The van der Waals surface area contributed by atoms with Gasteiger partial charge in [-0.25, -0.2) is 19.2 Å².